The van der Waals surface area contributed by atoms with Gasteiger partial charge in [0.15, 0.2) is 5.16 Å². The molecular weight excluding hydrogens is 525 g/mol. The zero-order valence-corrected chi connectivity index (χ0v) is 20.7. The van der Waals surface area contributed by atoms with Crippen LogP contribution in [0.4, 0.5) is 11.4 Å². The Hall–Kier alpha value is -2.79. The van der Waals surface area contributed by atoms with Gasteiger partial charge in [0.1, 0.15) is 5.82 Å². The van der Waals surface area contributed by atoms with Crippen molar-refractivity contribution in [2.24, 2.45) is 0 Å². The SMILES string of the molecule is CCn1c(CC(=O)Nc2ccc(Cl)c(Cl)c2)nnc1SCC(=O)Nc1cc(C(=O)O)ccc1Cl. The average molecular weight is 543 g/mol. The molecule has 2 amide bonds. The van der Waals surface area contributed by atoms with E-state index in [-0.39, 0.29) is 34.4 Å². The Bertz CT molecular complexity index is 1250. The lowest BCUT2D eigenvalue weighted by atomic mass is 10.2. The topological polar surface area (TPSA) is 126 Å². The van der Waals surface area contributed by atoms with Crippen molar-refractivity contribution in [2.75, 3.05) is 16.4 Å². The van der Waals surface area contributed by atoms with Gasteiger partial charge in [-0.1, -0.05) is 46.6 Å². The number of carboxylic acid groups (broad SMARTS) is 1. The van der Waals surface area contributed by atoms with Crippen LogP contribution in [0.1, 0.15) is 23.1 Å². The van der Waals surface area contributed by atoms with E-state index in [0.29, 0.717) is 33.3 Å². The minimum Gasteiger partial charge on any atom is -0.478 e. The molecule has 0 radical (unpaired) electrons. The van der Waals surface area contributed by atoms with Gasteiger partial charge in [-0.15, -0.1) is 10.2 Å². The molecule has 0 bridgehead atoms. The summed E-state index contributed by atoms with van der Waals surface area (Å²) in [6.45, 7) is 2.35. The number of thioether (sulfide) groups is 1. The van der Waals surface area contributed by atoms with Crippen LogP contribution in [0.15, 0.2) is 41.6 Å². The number of carboxylic acids is 1. The first-order valence-corrected chi connectivity index (χ1v) is 11.9. The van der Waals surface area contributed by atoms with Gasteiger partial charge in [0.2, 0.25) is 11.8 Å². The molecule has 3 rings (SSSR count). The molecule has 3 aromatic rings. The van der Waals surface area contributed by atoms with Gasteiger partial charge < -0.3 is 20.3 Å². The fraction of sp³-hybridized carbons (Fsp3) is 0.190. The minimum atomic E-state index is -1.13. The van der Waals surface area contributed by atoms with Gasteiger partial charge in [0.05, 0.1) is 38.5 Å². The Morgan fingerprint density at radius 3 is 2.38 bits per heavy atom. The summed E-state index contributed by atoms with van der Waals surface area (Å²) in [7, 11) is 0. The highest BCUT2D eigenvalue weighted by molar-refractivity contribution is 7.99. The third kappa shape index (κ3) is 6.63. The van der Waals surface area contributed by atoms with Crippen molar-refractivity contribution in [3.63, 3.8) is 0 Å². The van der Waals surface area contributed by atoms with E-state index in [1.807, 2.05) is 6.92 Å². The number of anilines is 2. The van der Waals surface area contributed by atoms with Crippen LogP contribution in [0.2, 0.25) is 15.1 Å². The lowest BCUT2D eigenvalue weighted by Crippen LogP contribution is -2.18. The highest BCUT2D eigenvalue weighted by Crippen LogP contribution is 2.26. The van der Waals surface area contributed by atoms with Crippen LogP contribution in [0, 0.1) is 0 Å². The molecule has 1 aromatic heterocycles. The highest BCUT2D eigenvalue weighted by Gasteiger charge is 2.17. The summed E-state index contributed by atoms with van der Waals surface area (Å²) in [4.78, 5) is 35.9. The molecule has 0 unspecified atom stereocenters. The Morgan fingerprint density at radius 1 is 0.971 bits per heavy atom. The molecule has 3 N–H and O–H groups in total. The lowest BCUT2D eigenvalue weighted by Gasteiger charge is -2.10. The van der Waals surface area contributed by atoms with Crippen LogP contribution < -0.4 is 10.6 Å². The van der Waals surface area contributed by atoms with E-state index < -0.39 is 11.9 Å². The molecule has 34 heavy (non-hydrogen) atoms. The molecule has 1 heterocycles. The van der Waals surface area contributed by atoms with Gasteiger partial charge in [-0.05, 0) is 43.3 Å². The van der Waals surface area contributed by atoms with E-state index >= 15 is 0 Å². The van der Waals surface area contributed by atoms with Crippen molar-refractivity contribution in [1.82, 2.24) is 14.8 Å². The molecule has 13 heteroatoms. The van der Waals surface area contributed by atoms with E-state index in [9.17, 15) is 14.4 Å². The predicted octanol–water partition coefficient (Wildman–Crippen LogP) is 4.87. The molecule has 0 spiro atoms. The summed E-state index contributed by atoms with van der Waals surface area (Å²) in [6, 6.07) is 8.79. The first-order chi connectivity index (χ1) is 16.2. The number of aromatic carboxylic acids is 1. The van der Waals surface area contributed by atoms with Crippen LogP contribution in [-0.4, -0.2) is 43.4 Å². The Morgan fingerprint density at radius 2 is 1.71 bits per heavy atom. The molecule has 2 aromatic carbocycles. The first-order valence-electron chi connectivity index (χ1n) is 9.80. The maximum Gasteiger partial charge on any atom is 0.335 e. The van der Waals surface area contributed by atoms with Crippen molar-refractivity contribution in [2.45, 2.75) is 25.0 Å². The summed E-state index contributed by atoms with van der Waals surface area (Å²) in [5.41, 5.74) is 0.699. The Labute approximate surface area is 213 Å². The number of nitrogens with one attached hydrogen (secondary N) is 2. The molecule has 0 aliphatic heterocycles. The quantitative estimate of drug-likeness (QED) is 0.329. The fourth-order valence-corrected chi connectivity index (χ4v) is 4.15. The van der Waals surface area contributed by atoms with Crippen molar-refractivity contribution >= 4 is 75.7 Å². The Balaban J connectivity index is 1.61. The first kappa shape index (κ1) is 25.8. The Kier molecular flexibility index (Phi) is 8.78. The standard InChI is InChI=1S/C21H18Cl3N5O4S/c1-2-29-17(9-18(30)25-12-4-6-13(22)15(24)8-12)27-28-21(29)34-10-19(31)26-16-7-11(20(32)33)3-5-14(16)23/h3-8H,2,9-10H2,1H3,(H,25,30)(H,26,31)(H,32,33). The number of rotatable bonds is 9. The van der Waals surface area contributed by atoms with E-state index in [2.05, 4.69) is 20.8 Å². The van der Waals surface area contributed by atoms with Crippen LogP contribution in [0.5, 0.6) is 0 Å². The van der Waals surface area contributed by atoms with E-state index in [1.165, 1.54) is 18.2 Å². The van der Waals surface area contributed by atoms with Gasteiger partial charge in [-0.25, -0.2) is 4.79 Å². The van der Waals surface area contributed by atoms with Crippen molar-refractivity contribution in [1.29, 1.82) is 0 Å². The van der Waals surface area contributed by atoms with Crippen molar-refractivity contribution in [3.05, 3.63) is 62.9 Å². The second kappa shape index (κ2) is 11.6. The van der Waals surface area contributed by atoms with Gasteiger partial charge in [-0.2, -0.15) is 0 Å². The summed E-state index contributed by atoms with van der Waals surface area (Å²) in [6.07, 6.45) is -0.0363. The largest absolute Gasteiger partial charge is 0.478 e. The fourth-order valence-electron chi connectivity index (χ4n) is 2.87. The minimum absolute atomic E-state index is 0.00173. The monoisotopic (exact) mass is 541 g/mol. The number of benzene rings is 2. The number of carbonyl (C=O) groups is 3. The lowest BCUT2D eigenvalue weighted by molar-refractivity contribution is -0.116. The smallest absolute Gasteiger partial charge is 0.335 e. The summed E-state index contributed by atoms with van der Waals surface area (Å²) >= 11 is 19.0. The average Bonchev–Trinajstić information content (AvgIpc) is 3.17. The maximum atomic E-state index is 12.4. The second-order valence-corrected chi connectivity index (χ2v) is 9.00. The zero-order valence-electron chi connectivity index (χ0n) is 17.6. The third-order valence-electron chi connectivity index (χ3n) is 4.45. The molecule has 0 aliphatic rings. The molecule has 0 saturated heterocycles. The van der Waals surface area contributed by atoms with Crippen molar-refractivity contribution < 1.29 is 19.5 Å². The number of amides is 2. The van der Waals surface area contributed by atoms with E-state index in [4.69, 9.17) is 39.9 Å². The number of hydrogen-bond acceptors (Lipinski definition) is 6. The van der Waals surface area contributed by atoms with E-state index in [1.54, 1.807) is 22.8 Å². The van der Waals surface area contributed by atoms with Gasteiger partial charge >= 0.3 is 5.97 Å². The van der Waals surface area contributed by atoms with Crippen LogP contribution in [0.25, 0.3) is 0 Å². The number of halogens is 3. The molecule has 0 fully saturated rings. The second-order valence-electron chi connectivity index (χ2n) is 6.83. The third-order valence-corrected chi connectivity index (χ3v) is 6.49. The van der Waals surface area contributed by atoms with Crippen LogP contribution >= 0.6 is 46.6 Å². The van der Waals surface area contributed by atoms with Gasteiger partial charge in [0, 0.05) is 12.2 Å². The summed E-state index contributed by atoms with van der Waals surface area (Å²) < 4.78 is 1.73. The van der Waals surface area contributed by atoms with Gasteiger partial charge in [-0.3, -0.25) is 9.59 Å². The predicted molar refractivity (Wildman–Crippen MR) is 132 cm³/mol. The molecular formula is C21H18Cl3N5O4S. The molecule has 0 aliphatic carbocycles. The van der Waals surface area contributed by atoms with Crippen molar-refractivity contribution in [3.8, 4) is 0 Å². The number of carbonyl (C=O) groups excluding carboxylic acids is 2. The molecule has 9 nitrogen and oxygen atoms in total. The van der Waals surface area contributed by atoms with Crippen LogP contribution in [0.3, 0.4) is 0 Å². The normalized spacial score (nSPS) is 10.7. The summed E-state index contributed by atoms with van der Waals surface area (Å²) in [5, 5.41) is 23.9. The maximum absolute atomic E-state index is 12.4. The number of nitrogens with zero attached hydrogens (tertiary/aromatic N) is 3. The summed E-state index contributed by atoms with van der Waals surface area (Å²) in [5.74, 6) is -1.45. The molecule has 0 atom stereocenters. The number of aromatic nitrogens is 3. The zero-order chi connectivity index (χ0) is 24.8. The van der Waals surface area contributed by atoms with E-state index in [0.717, 1.165) is 11.8 Å². The number of hydrogen-bond donors (Lipinski definition) is 3. The highest BCUT2D eigenvalue weighted by atomic mass is 35.5. The van der Waals surface area contributed by atoms with Gasteiger partial charge in [0.25, 0.3) is 0 Å². The van der Waals surface area contributed by atoms with Crippen LogP contribution in [-0.2, 0) is 22.6 Å². The molecule has 0 saturated carbocycles. The molecule has 178 valence electrons.